The number of hydrogen-bond donors (Lipinski definition) is 1. The van der Waals surface area contributed by atoms with Crippen molar-refractivity contribution in [3.05, 3.63) is 35.9 Å². The first-order valence-corrected chi connectivity index (χ1v) is 7.88. The van der Waals surface area contributed by atoms with Crippen LogP contribution >= 0.6 is 12.6 Å². The quantitative estimate of drug-likeness (QED) is 0.828. The van der Waals surface area contributed by atoms with Gasteiger partial charge in [0.25, 0.3) is 0 Å². The van der Waals surface area contributed by atoms with Gasteiger partial charge in [0, 0.05) is 18.5 Å². The first-order chi connectivity index (χ1) is 9.20. The Morgan fingerprint density at radius 1 is 1.21 bits per heavy atom. The van der Waals surface area contributed by atoms with Crippen LogP contribution in [0.5, 0.6) is 0 Å². The van der Waals surface area contributed by atoms with E-state index in [2.05, 4.69) is 66.9 Å². The standard InChI is InChI=1S/C16H26N2S/c1-17(2)16-8-10-18(11-9-16)12-15(13-19)14-6-4-3-5-7-14/h3-7,15-16,19H,8-13H2,1-2H3. The van der Waals surface area contributed by atoms with Crippen molar-refractivity contribution in [2.24, 2.45) is 0 Å². The van der Waals surface area contributed by atoms with Crippen molar-refractivity contribution in [1.82, 2.24) is 9.80 Å². The molecule has 1 aliphatic heterocycles. The summed E-state index contributed by atoms with van der Waals surface area (Å²) in [6.07, 6.45) is 2.59. The second kappa shape index (κ2) is 7.32. The number of piperidine rings is 1. The van der Waals surface area contributed by atoms with Crippen molar-refractivity contribution in [2.45, 2.75) is 24.8 Å². The number of nitrogens with zero attached hydrogens (tertiary/aromatic N) is 2. The van der Waals surface area contributed by atoms with Gasteiger partial charge in [0.05, 0.1) is 0 Å². The molecule has 0 radical (unpaired) electrons. The predicted octanol–water partition coefficient (Wildman–Crippen LogP) is 2.73. The fourth-order valence-electron chi connectivity index (χ4n) is 2.92. The molecule has 0 saturated carbocycles. The second-order valence-corrected chi connectivity index (χ2v) is 6.15. The molecule has 0 aliphatic carbocycles. The Kier molecular flexibility index (Phi) is 5.74. The van der Waals surface area contributed by atoms with Gasteiger partial charge in [-0.25, -0.2) is 0 Å². The highest BCUT2D eigenvalue weighted by Crippen LogP contribution is 2.21. The largest absolute Gasteiger partial charge is 0.306 e. The monoisotopic (exact) mass is 278 g/mol. The third kappa shape index (κ3) is 4.23. The normalized spacial score (nSPS) is 19.8. The summed E-state index contributed by atoms with van der Waals surface area (Å²) in [5.41, 5.74) is 1.42. The van der Waals surface area contributed by atoms with Crippen LogP contribution in [0.25, 0.3) is 0 Å². The third-order valence-electron chi connectivity index (χ3n) is 4.26. The fraction of sp³-hybridized carbons (Fsp3) is 0.625. The number of rotatable bonds is 5. The van der Waals surface area contributed by atoms with Crippen molar-refractivity contribution in [2.75, 3.05) is 39.5 Å². The van der Waals surface area contributed by atoms with Crippen LogP contribution in [0, 0.1) is 0 Å². The highest BCUT2D eigenvalue weighted by Gasteiger charge is 2.22. The Balaban J connectivity index is 1.87. The van der Waals surface area contributed by atoms with Crippen molar-refractivity contribution >= 4 is 12.6 Å². The molecule has 0 amide bonds. The molecule has 1 aromatic carbocycles. The van der Waals surface area contributed by atoms with E-state index in [1.807, 2.05) is 0 Å². The number of hydrogen-bond acceptors (Lipinski definition) is 3. The van der Waals surface area contributed by atoms with E-state index >= 15 is 0 Å². The molecule has 0 spiro atoms. The summed E-state index contributed by atoms with van der Waals surface area (Å²) in [5.74, 6) is 1.48. The van der Waals surface area contributed by atoms with Crippen LogP contribution in [-0.4, -0.2) is 55.3 Å². The SMILES string of the molecule is CN(C)C1CCN(CC(CS)c2ccccc2)CC1. The maximum absolute atomic E-state index is 4.54. The van der Waals surface area contributed by atoms with Crippen molar-refractivity contribution < 1.29 is 0 Å². The Hall–Kier alpha value is -0.510. The topological polar surface area (TPSA) is 6.48 Å². The van der Waals surface area contributed by atoms with Crippen LogP contribution in [0.3, 0.4) is 0 Å². The summed E-state index contributed by atoms with van der Waals surface area (Å²) in [6, 6.07) is 11.6. The maximum Gasteiger partial charge on any atom is 0.0113 e. The summed E-state index contributed by atoms with van der Waals surface area (Å²) >= 11 is 4.54. The molecule has 0 N–H and O–H groups in total. The predicted molar refractivity (Wildman–Crippen MR) is 86.2 cm³/mol. The molecule has 1 heterocycles. The maximum atomic E-state index is 4.54. The van der Waals surface area contributed by atoms with Crippen LogP contribution in [0.15, 0.2) is 30.3 Å². The Labute approximate surface area is 123 Å². The average Bonchev–Trinajstić information content (AvgIpc) is 2.46. The second-order valence-electron chi connectivity index (χ2n) is 5.79. The molecular formula is C16H26N2S. The molecule has 3 heteroatoms. The molecule has 1 atom stereocenters. The molecule has 1 aliphatic rings. The van der Waals surface area contributed by atoms with Crippen molar-refractivity contribution in [3.63, 3.8) is 0 Å². The van der Waals surface area contributed by atoms with Gasteiger partial charge in [-0.3, -0.25) is 0 Å². The zero-order chi connectivity index (χ0) is 13.7. The zero-order valence-electron chi connectivity index (χ0n) is 12.1. The van der Waals surface area contributed by atoms with E-state index in [0.29, 0.717) is 5.92 Å². The smallest absolute Gasteiger partial charge is 0.0113 e. The fourth-order valence-corrected chi connectivity index (χ4v) is 3.25. The summed E-state index contributed by atoms with van der Waals surface area (Å²) in [7, 11) is 4.39. The highest BCUT2D eigenvalue weighted by atomic mass is 32.1. The molecule has 2 nitrogen and oxygen atoms in total. The molecule has 1 aromatic rings. The van der Waals surface area contributed by atoms with Crippen molar-refractivity contribution in [3.8, 4) is 0 Å². The zero-order valence-corrected chi connectivity index (χ0v) is 13.0. The van der Waals surface area contributed by atoms with Crippen LogP contribution in [0.2, 0.25) is 0 Å². The van der Waals surface area contributed by atoms with E-state index in [9.17, 15) is 0 Å². The van der Waals surface area contributed by atoms with E-state index in [1.165, 1.54) is 31.5 Å². The van der Waals surface area contributed by atoms with Crippen molar-refractivity contribution in [1.29, 1.82) is 0 Å². The Bertz CT molecular complexity index is 358. The lowest BCUT2D eigenvalue weighted by Gasteiger charge is -2.36. The van der Waals surface area contributed by atoms with E-state index in [0.717, 1.165) is 18.3 Å². The minimum absolute atomic E-state index is 0.556. The van der Waals surface area contributed by atoms with E-state index in [4.69, 9.17) is 0 Å². The van der Waals surface area contributed by atoms with Crippen LogP contribution in [0.1, 0.15) is 24.3 Å². The molecule has 106 valence electrons. The minimum Gasteiger partial charge on any atom is -0.306 e. The van der Waals surface area contributed by atoms with E-state index < -0.39 is 0 Å². The first kappa shape index (κ1) is 14.9. The highest BCUT2D eigenvalue weighted by molar-refractivity contribution is 7.80. The third-order valence-corrected chi connectivity index (χ3v) is 4.70. The minimum atomic E-state index is 0.556. The molecule has 0 aromatic heterocycles. The molecule has 1 saturated heterocycles. The van der Waals surface area contributed by atoms with E-state index in [1.54, 1.807) is 0 Å². The summed E-state index contributed by atoms with van der Waals surface area (Å²) < 4.78 is 0. The van der Waals surface area contributed by atoms with Gasteiger partial charge in [0.15, 0.2) is 0 Å². The van der Waals surface area contributed by atoms with Gasteiger partial charge in [-0.1, -0.05) is 30.3 Å². The molecule has 2 rings (SSSR count). The van der Waals surface area contributed by atoms with Gasteiger partial charge < -0.3 is 9.80 Å². The van der Waals surface area contributed by atoms with Gasteiger partial charge in [0.2, 0.25) is 0 Å². The average molecular weight is 278 g/mol. The lowest BCUT2D eigenvalue weighted by atomic mass is 9.98. The molecule has 1 fully saturated rings. The number of thiol groups is 1. The number of likely N-dealkylation sites (tertiary alicyclic amines) is 1. The van der Waals surface area contributed by atoms with Gasteiger partial charge >= 0.3 is 0 Å². The molecule has 19 heavy (non-hydrogen) atoms. The first-order valence-electron chi connectivity index (χ1n) is 7.25. The summed E-state index contributed by atoms with van der Waals surface area (Å²) in [5, 5.41) is 0. The Morgan fingerprint density at radius 3 is 2.37 bits per heavy atom. The Morgan fingerprint density at radius 2 is 1.84 bits per heavy atom. The van der Waals surface area contributed by atoms with Gasteiger partial charge in [-0.05, 0) is 51.3 Å². The molecule has 1 unspecified atom stereocenters. The van der Waals surface area contributed by atoms with Crippen LogP contribution in [0.4, 0.5) is 0 Å². The number of benzene rings is 1. The lowest BCUT2D eigenvalue weighted by Crippen LogP contribution is -2.43. The van der Waals surface area contributed by atoms with Crippen LogP contribution < -0.4 is 0 Å². The summed E-state index contributed by atoms with van der Waals surface area (Å²) in [6.45, 7) is 3.59. The molecule has 0 bridgehead atoms. The van der Waals surface area contributed by atoms with Crippen LogP contribution in [-0.2, 0) is 0 Å². The van der Waals surface area contributed by atoms with Gasteiger partial charge in [-0.2, -0.15) is 12.6 Å². The lowest BCUT2D eigenvalue weighted by molar-refractivity contribution is 0.141. The van der Waals surface area contributed by atoms with Gasteiger partial charge in [0.1, 0.15) is 0 Å². The van der Waals surface area contributed by atoms with Gasteiger partial charge in [-0.15, -0.1) is 0 Å². The van der Waals surface area contributed by atoms with E-state index in [-0.39, 0.29) is 0 Å². The molecular weight excluding hydrogens is 252 g/mol. The summed E-state index contributed by atoms with van der Waals surface area (Å²) in [4.78, 5) is 4.97.